The van der Waals surface area contributed by atoms with Gasteiger partial charge < -0.3 is 14.2 Å². The van der Waals surface area contributed by atoms with E-state index in [4.69, 9.17) is 4.74 Å². The maximum absolute atomic E-state index is 13.1. The fourth-order valence-corrected chi connectivity index (χ4v) is 6.63. The number of Topliss-reactive ketones (excluding diaryl/α,β-unsaturated/α-hetero) is 1. The Hall–Kier alpha value is -2.32. The predicted octanol–water partition coefficient (Wildman–Crippen LogP) is 2.48. The first-order chi connectivity index (χ1) is 14.8. The Balaban J connectivity index is 1.40. The Morgan fingerprint density at radius 2 is 1.84 bits per heavy atom. The zero-order valence-electron chi connectivity index (χ0n) is 18.5. The maximum atomic E-state index is 13.1. The molecule has 0 amide bonds. The number of para-hydroxylation sites is 2. The van der Waals surface area contributed by atoms with Gasteiger partial charge in [-0.3, -0.25) is 9.69 Å². The van der Waals surface area contributed by atoms with Gasteiger partial charge in [0.25, 0.3) is 0 Å². The molecule has 4 rings (SSSR count). The van der Waals surface area contributed by atoms with Gasteiger partial charge in [-0.1, -0.05) is 12.1 Å². The van der Waals surface area contributed by atoms with Gasteiger partial charge in [0.1, 0.15) is 5.75 Å². The Labute approximate surface area is 184 Å². The summed E-state index contributed by atoms with van der Waals surface area (Å²) in [6, 6.07) is 9.88. The van der Waals surface area contributed by atoms with Gasteiger partial charge in [0, 0.05) is 49.2 Å². The van der Waals surface area contributed by atoms with Crippen LogP contribution < -0.4 is 9.64 Å². The minimum absolute atomic E-state index is 0.0593. The van der Waals surface area contributed by atoms with E-state index in [1.165, 1.54) is 0 Å². The summed E-state index contributed by atoms with van der Waals surface area (Å²) in [5, 5.41) is 0. The molecule has 2 aliphatic heterocycles. The fraction of sp³-hybridized carbons (Fsp3) is 0.522. The molecule has 8 heteroatoms. The first kappa shape index (κ1) is 21.9. The highest BCUT2D eigenvalue weighted by molar-refractivity contribution is 7.91. The first-order valence-corrected chi connectivity index (χ1v) is 12.6. The molecule has 2 saturated heterocycles. The van der Waals surface area contributed by atoms with Crippen LogP contribution in [0.25, 0.3) is 0 Å². The van der Waals surface area contributed by atoms with Crippen molar-refractivity contribution in [3.63, 3.8) is 0 Å². The van der Waals surface area contributed by atoms with E-state index in [9.17, 15) is 13.2 Å². The number of ether oxygens (including phenoxy) is 1. The van der Waals surface area contributed by atoms with Crippen LogP contribution in [0.4, 0.5) is 5.69 Å². The molecule has 7 nitrogen and oxygen atoms in total. The van der Waals surface area contributed by atoms with Gasteiger partial charge in [0.2, 0.25) is 0 Å². The van der Waals surface area contributed by atoms with Crippen LogP contribution in [0.5, 0.6) is 5.75 Å². The van der Waals surface area contributed by atoms with E-state index in [1.807, 2.05) is 38.1 Å². The van der Waals surface area contributed by atoms with Crippen molar-refractivity contribution in [1.29, 1.82) is 0 Å². The highest BCUT2D eigenvalue weighted by Crippen LogP contribution is 2.30. The molecule has 0 aliphatic carbocycles. The minimum Gasteiger partial charge on any atom is -0.495 e. The molecule has 1 aromatic heterocycles. The normalized spacial score (nSPS) is 21.4. The van der Waals surface area contributed by atoms with Crippen LogP contribution in [0.15, 0.2) is 30.3 Å². The highest BCUT2D eigenvalue weighted by atomic mass is 32.2. The second kappa shape index (κ2) is 8.67. The van der Waals surface area contributed by atoms with Crippen molar-refractivity contribution in [2.45, 2.75) is 26.3 Å². The van der Waals surface area contributed by atoms with Gasteiger partial charge in [0.15, 0.2) is 15.6 Å². The van der Waals surface area contributed by atoms with Crippen molar-refractivity contribution < 1.29 is 17.9 Å². The summed E-state index contributed by atoms with van der Waals surface area (Å²) in [5.74, 6) is 1.37. The van der Waals surface area contributed by atoms with Crippen molar-refractivity contribution >= 4 is 21.3 Å². The number of hydrogen-bond acceptors (Lipinski definition) is 6. The standard InChI is InChI=1S/C23H31N3O4S/c1-17-14-20(18(2)26(17)19-8-13-31(28,29)16-19)22(27)15-24-9-11-25(12-10-24)21-6-4-5-7-23(21)30-3/h4-7,14,19H,8-13,15-16H2,1-3H3/t19-/m1/s1. The number of carbonyl (C=O) groups is 1. The van der Waals surface area contributed by atoms with Gasteiger partial charge >= 0.3 is 0 Å². The number of hydrogen-bond donors (Lipinski definition) is 0. The van der Waals surface area contributed by atoms with Crippen LogP contribution in [0.2, 0.25) is 0 Å². The number of ketones is 1. The third-order valence-electron chi connectivity index (χ3n) is 6.52. The number of anilines is 1. The van der Waals surface area contributed by atoms with Gasteiger partial charge in [-0.15, -0.1) is 0 Å². The summed E-state index contributed by atoms with van der Waals surface area (Å²) in [7, 11) is -1.29. The van der Waals surface area contributed by atoms with Gasteiger partial charge in [-0.25, -0.2) is 8.42 Å². The number of carbonyl (C=O) groups excluding carboxylic acids is 1. The van der Waals surface area contributed by atoms with Crippen LogP contribution in [-0.2, 0) is 9.84 Å². The summed E-state index contributed by atoms with van der Waals surface area (Å²) in [4.78, 5) is 17.6. The molecular weight excluding hydrogens is 414 g/mol. The number of methoxy groups -OCH3 is 1. The topological polar surface area (TPSA) is 71.8 Å². The molecule has 0 radical (unpaired) electrons. The molecule has 168 valence electrons. The van der Waals surface area contributed by atoms with E-state index in [1.54, 1.807) is 7.11 Å². The van der Waals surface area contributed by atoms with Crippen molar-refractivity contribution in [1.82, 2.24) is 9.47 Å². The number of benzene rings is 1. The van der Waals surface area contributed by atoms with Gasteiger partial charge in [-0.05, 0) is 38.5 Å². The molecule has 0 saturated carbocycles. The van der Waals surface area contributed by atoms with E-state index in [0.717, 1.165) is 49.0 Å². The van der Waals surface area contributed by atoms with Crippen LogP contribution in [0.3, 0.4) is 0 Å². The summed E-state index contributed by atoms with van der Waals surface area (Å²) >= 11 is 0. The molecule has 31 heavy (non-hydrogen) atoms. The average molecular weight is 446 g/mol. The van der Waals surface area contributed by atoms with E-state index in [2.05, 4.69) is 20.4 Å². The lowest BCUT2D eigenvalue weighted by molar-refractivity contribution is 0.0925. The lowest BCUT2D eigenvalue weighted by atomic mass is 10.1. The fourth-order valence-electron chi connectivity index (χ4n) is 4.93. The van der Waals surface area contributed by atoms with Crippen molar-refractivity contribution in [3.8, 4) is 5.75 Å². The number of aromatic nitrogens is 1. The van der Waals surface area contributed by atoms with E-state index < -0.39 is 9.84 Å². The molecule has 3 heterocycles. The van der Waals surface area contributed by atoms with Crippen LogP contribution in [0.1, 0.15) is 34.2 Å². The molecule has 2 aromatic rings. The Kier molecular flexibility index (Phi) is 6.12. The first-order valence-electron chi connectivity index (χ1n) is 10.8. The Morgan fingerprint density at radius 3 is 2.48 bits per heavy atom. The van der Waals surface area contributed by atoms with E-state index in [-0.39, 0.29) is 23.3 Å². The maximum Gasteiger partial charge on any atom is 0.178 e. The average Bonchev–Trinajstić information content (AvgIpc) is 3.26. The Bertz CT molecular complexity index is 1070. The molecule has 1 atom stereocenters. The quantitative estimate of drug-likeness (QED) is 0.636. The molecule has 0 bridgehead atoms. The molecular formula is C23H31N3O4S. The minimum atomic E-state index is -2.97. The lowest BCUT2D eigenvalue weighted by Gasteiger charge is -2.36. The molecule has 1 aromatic carbocycles. The van der Waals surface area contributed by atoms with Gasteiger partial charge in [0.05, 0.1) is 30.8 Å². The highest BCUT2D eigenvalue weighted by Gasteiger charge is 2.32. The zero-order chi connectivity index (χ0) is 22.2. The number of aryl methyl sites for hydroxylation is 1. The number of piperazine rings is 1. The van der Waals surface area contributed by atoms with Crippen LogP contribution in [-0.4, -0.2) is 75.0 Å². The van der Waals surface area contributed by atoms with Crippen molar-refractivity contribution in [3.05, 3.63) is 47.3 Å². The lowest BCUT2D eigenvalue weighted by Crippen LogP contribution is -2.48. The Morgan fingerprint density at radius 1 is 1.13 bits per heavy atom. The second-order valence-corrected chi connectivity index (χ2v) is 10.8. The van der Waals surface area contributed by atoms with E-state index in [0.29, 0.717) is 18.5 Å². The summed E-state index contributed by atoms with van der Waals surface area (Å²) in [6.07, 6.45) is 0.622. The molecule has 2 aliphatic rings. The van der Waals surface area contributed by atoms with Gasteiger partial charge in [-0.2, -0.15) is 0 Å². The zero-order valence-corrected chi connectivity index (χ0v) is 19.3. The van der Waals surface area contributed by atoms with Crippen molar-refractivity contribution in [2.75, 3.05) is 56.2 Å². The molecule has 0 N–H and O–H groups in total. The SMILES string of the molecule is COc1ccccc1N1CCN(CC(=O)c2cc(C)n([C@@H]3CCS(=O)(=O)C3)c2C)CC1. The number of nitrogens with zero attached hydrogens (tertiary/aromatic N) is 3. The second-order valence-electron chi connectivity index (χ2n) is 8.57. The van der Waals surface area contributed by atoms with Crippen LogP contribution in [0, 0.1) is 13.8 Å². The molecule has 0 unspecified atom stereocenters. The third kappa shape index (κ3) is 4.50. The third-order valence-corrected chi connectivity index (χ3v) is 8.27. The van der Waals surface area contributed by atoms with Crippen molar-refractivity contribution in [2.24, 2.45) is 0 Å². The summed E-state index contributed by atoms with van der Waals surface area (Å²) < 4.78 is 31.4. The molecule has 2 fully saturated rings. The number of sulfone groups is 1. The monoisotopic (exact) mass is 445 g/mol. The number of rotatable bonds is 6. The summed E-state index contributed by atoms with van der Waals surface area (Å²) in [5.41, 5.74) is 3.65. The smallest absolute Gasteiger partial charge is 0.178 e. The van der Waals surface area contributed by atoms with Crippen LogP contribution >= 0.6 is 0 Å². The largest absolute Gasteiger partial charge is 0.495 e. The summed E-state index contributed by atoms with van der Waals surface area (Å²) in [6.45, 7) is 7.57. The van der Waals surface area contributed by atoms with E-state index >= 15 is 0 Å². The predicted molar refractivity (Wildman–Crippen MR) is 122 cm³/mol. The molecule has 0 spiro atoms.